The van der Waals surface area contributed by atoms with E-state index >= 15 is 0 Å². The van der Waals surface area contributed by atoms with Gasteiger partial charge in [-0.25, -0.2) is 4.79 Å². The molecule has 10 heteroatoms. The lowest BCUT2D eigenvalue weighted by atomic mass is 9.76. The second kappa shape index (κ2) is 23.5. The van der Waals surface area contributed by atoms with Gasteiger partial charge in [0.05, 0.1) is 12.1 Å². The normalized spacial score (nSPS) is 12.6. The Kier molecular flexibility index (Phi) is 17.0. The first kappa shape index (κ1) is 50.8. The van der Waals surface area contributed by atoms with Gasteiger partial charge < -0.3 is 25.5 Å². The van der Waals surface area contributed by atoms with Crippen LogP contribution in [0.2, 0.25) is 5.04 Å². The summed E-state index contributed by atoms with van der Waals surface area (Å²) in [5, 5.41) is 24.4. The maximum Gasteiger partial charge on any atom is 0.405 e. The molecule has 0 spiro atoms. The zero-order valence-corrected chi connectivity index (χ0v) is 42.0. The maximum atomic E-state index is 14.5. The predicted molar refractivity (Wildman–Crippen MR) is 285 cm³/mol. The Morgan fingerprint density at radius 3 is 1.60 bits per heavy atom. The van der Waals surface area contributed by atoms with E-state index in [0.29, 0.717) is 38.1 Å². The second-order valence-electron chi connectivity index (χ2n) is 19.1. The third-order valence-corrected chi connectivity index (χ3v) is 18.1. The molecule has 0 aliphatic heterocycles. The van der Waals surface area contributed by atoms with Crippen LogP contribution >= 0.6 is 0 Å². The molecule has 0 saturated heterocycles. The first-order valence-electron chi connectivity index (χ1n) is 24.2. The van der Waals surface area contributed by atoms with Crippen LogP contribution in [0.15, 0.2) is 194 Å². The second-order valence-corrected chi connectivity index (χ2v) is 23.4. The third kappa shape index (κ3) is 12.2. The van der Waals surface area contributed by atoms with E-state index < -0.39 is 43.8 Å². The maximum absolute atomic E-state index is 14.5. The van der Waals surface area contributed by atoms with Crippen LogP contribution in [0.4, 0.5) is 10.5 Å². The Hall–Kier alpha value is -7.11. The monoisotopic (exact) mass is 950 g/mol. The number of unbranched alkanes of at least 4 members (excludes halogenated alkanes) is 1. The SMILES string of the molecule is Cc1ccc(C(NCCCCC(NC(=O)C(Cc2ccccc2)NC(=O)O)C(=O)Nc2ccc(CO[Si](c3ccccc3)(c3ccccc3)C(C)(C)C)cc2C)(c2ccccc2)c2ccccc2)cc1. The highest BCUT2D eigenvalue weighted by Gasteiger charge is 2.50. The summed E-state index contributed by atoms with van der Waals surface area (Å²) < 4.78 is 7.22. The van der Waals surface area contributed by atoms with Crippen LogP contribution in [0, 0.1) is 13.8 Å². The number of carboxylic acid groups (broad SMARTS) is 1. The smallest absolute Gasteiger partial charge is 0.405 e. The minimum Gasteiger partial charge on any atom is -0.465 e. The molecule has 9 nitrogen and oxygen atoms in total. The summed E-state index contributed by atoms with van der Waals surface area (Å²) in [4.78, 5) is 40.5. The van der Waals surface area contributed by atoms with Crippen LogP contribution in [0.3, 0.4) is 0 Å². The van der Waals surface area contributed by atoms with Crippen LogP contribution in [0.25, 0.3) is 0 Å². The third-order valence-electron chi connectivity index (χ3n) is 13.2. The van der Waals surface area contributed by atoms with Crippen molar-refractivity contribution in [1.29, 1.82) is 0 Å². The molecular formula is C60H66N4O5Si. The van der Waals surface area contributed by atoms with Gasteiger partial charge in [0, 0.05) is 12.1 Å². The van der Waals surface area contributed by atoms with E-state index in [1.807, 2.05) is 79.7 Å². The molecule has 0 heterocycles. The highest BCUT2D eigenvalue weighted by molar-refractivity contribution is 6.99. The van der Waals surface area contributed by atoms with Crippen molar-refractivity contribution in [2.24, 2.45) is 0 Å². The molecule has 0 aliphatic rings. The Bertz CT molecular complexity index is 2690. The number of carbonyl (C=O) groups excluding carboxylic acids is 2. The number of carbonyl (C=O) groups is 3. The summed E-state index contributed by atoms with van der Waals surface area (Å²) in [5.74, 6) is -0.972. The van der Waals surface area contributed by atoms with Gasteiger partial charge in [0.2, 0.25) is 11.8 Å². The summed E-state index contributed by atoms with van der Waals surface area (Å²) in [5.41, 5.74) is 7.01. The fraction of sp³-hybridized carbons (Fsp3) is 0.250. The van der Waals surface area contributed by atoms with Gasteiger partial charge in [-0.15, -0.1) is 0 Å². The van der Waals surface area contributed by atoms with E-state index in [1.165, 1.54) is 15.9 Å². The van der Waals surface area contributed by atoms with Crippen LogP contribution in [-0.2, 0) is 32.6 Å². The van der Waals surface area contributed by atoms with Crippen molar-refractivity contribution < 1.29 is 23.9 Å². The number of nitrogens with one attached hydrogen (secondary N) is 4. The lowest BCUT2D eigenvalue weighted by Gasteiger charge is -2.43. The molecule has 2 unspecified atom stereocenters. The van der Waals surface area contributed by atoms with Gasteiger partial charge in [-0.3, -0.25) is 14.9 Å². The Morgan fingerprint density at radius 1 is 0.571 bits per heavy atom. The molecule has 2 atom stereocenters. The predicted octanol–water partition coefficient (Wildman–Crippen LogP) is 10.4. The Labute approximate surface area is 414 Å². The molecule has 0 radical (unpaired) electrons. The molecule has 7 aromatic rings. The molecule has 5 N–H and O–H groups in total. The van der Waals surface area contributed by atoms with Crippen molar-refractivity contribution in [2.45, 2.75) is 89.6 Å². The molecule has 7 aromatic carbocycles. The van der Waals surface area contributed by atoms with Gasteiger partial charge in [0.1, 0.15) is 12.1 Å². The fourth-order valence-corrected chi connectivity index (χ4v) is 14.2. The minimum atomic E-state index is -2.80. The Balaban J connectivity index is 1.11. The zero-order chi connectivity index (χ0) is 49.6. The molecule has 3 amide bonds. The molecule has 0 aromatic heterocycles. The lowest BCUT2D eigenvalue weighted by molar-refractivity contribution is -0.128. The molecule has 70 heavy (non-hydrogen) atoms. The van der Waals surface area contributed by atoms with Gasteiger partial charge in [0.25, 0.3) is 8.32 Å². The highest BCUT2D eigenvalue weighted by Crippen LogP contribution is 2.39. The van der Waals surface area contributed by atoms with Gasteiger partial charge in [-0.05, 0) is 94.5 Å². The van der Waals surface area contributed by atoms with Crippen molar-refractivity contribution >= 4 is 42.3 Å². The summed E-state index contributed by atoms with van der Waals surface area (Å²) in [7, 11) is -2.80. The lowest BCUT2D eigenvalue weighted by Crippen LogP contribution is -2.66. The van der Waals surface area contributed by atoms with Crippen molar-refractivity contribution in [1.82, 2.24) is 16.0 Å². The highest BCUT2D eigenvalue weighted by atomic mass is 28.4. The van der Waals surface area contributed by atoms with Crippen molar-refractivity contribution in [3.05, 3.63) is 233 Å². The molecule has 360 valence electrons. The number of hydrogen-bond donors (Lipinski definition) is 5. The number of benzene rings is 7. The summed E-state index contributed by atoms with van der Waals surface area (Å²) in [6.07, 6.45) is 0.348. The Morgan fingerprint density at radius 2 is 1.09 bits per heavy atom. The van der Waals surface area contributed by atoms with Gasteiger partial charge in [-0.1, -0.05) is 214 Å². The minimum absolute atomic E-state index is 0.119. The summed E-state index contributed by atoms with van der Waals surface area (Å²) in [6, 6.07) is 63.6. The average Bonchev–Trinajstić information content (AvgIpc) is 3.36. The van der Waals surface area contributed by atoms with E-state index in [1.54, 1.807) is 0 Å². The number of anilines is 1. The van der Waals surface area contributed by atoms with E-state index in [4.69, 9.17) is 4.43 Å². The zero-order valence-electron chi connectivity index (χ0n) is 41.0. The van der Waals surface area contributed by atoms with Crippen LogP contribution < -0.4 is 31.6 Å². The van der Waals surface area contributed by atoms with E-state index in [-0.39, 0.29) is 11.5 Å². The van der Waals surface area contributed by atoms with Crippen LogP contribution in [-0.4, -0.2) is 50.0 Å². The standard InChI is InChI=1S/C60H66N4O5Si/c1-44-34-37-50(38-35-44)60(48-25-13-7-14-26-48,49-27-15-8-16-28-49)61-40-22-21-33-54(63-57(66)55(64-58(67)68)42-46-23-11-6-12-24-46)56(65)62-53-39-36-47(41-45(53)2)43-69-70(59(3,4)5,51-29-17-9-18-30-51)52-31-19-10-20-32-52/h6-20,23-32,34-39,41,54-55,61,64H,21-22,33,40,42-43H2,1-5H3,(H,62,65)(H,63,66)(H,67,68). The van der Waals surface area contributed by atoms with Gasteiger partial charge in [-0.2, -0.15) is 0 Å². The van der Waals surface area contributed by atoms with Crippen LogP contribution in [0.5, 0.6) is 0 Å². The first-order valence-corrected chi connectivity index (χ1v) is 26.1. The fourth-order valence-electron chi connectivity index (χ4n) is 9.61. The molecule has 7 rings (SSSR count). The first-order chi connectivity index (χ1) is 33.8. The molecular weight excluding hydrogens is 885 g/mol. The van der Waals surface area contributed by atoms with E-state index in [9.17, 15) is 19.5 Å². The van der Waals surface area contributed by atoms with Crippen molar-refractivity contribution in [3.8, 4) is 0 Å². The molecule has 0 aliphatic carbocycles. The van der Waals surface area contributed by atoms with Crippen molar-refractivity contribution in [2.75, 3.05) is 11.9 Å². The molecule has 0 fully saturated rings. The van der Waals surface area contributed by atoms with Crippen LogP contribution in [0.1, 0.15) is 79.0 Å². The van der Waals surface area contributed by atoms with E-state index in [0.717, 1.165) is 33.4 Å². The summed E-state index contributed by atoms with van der Waals surface area (Å²) in [6.45, 7) is 11.8. The average molecular weight is 951 g/mol. The number of rotatable bonds is 21. The number of amides is 3. The molecule has 0 bridgehead atoms. The quantitative estimate of drug-likeness (QED) is 0.0277. The molecule has 0 saturated carbocycles. The topological polar surface area (TPSA) is 129 Å². The summed E-state index contributed by atoms with van der Waals surface area (Å²) >= 11 is 0. The largest absolute Gasteiger partial charge is 0.465 e. The van der Waals surface area contributed by atoms with Gasteiger partial charge >= 0.3 is 6.09 Å². The van der Waals surface area contributed by atoms with E-state index in [2.05, 4.69) is 170 Å². The number of aryl methyl sites for hydroxylation is 2. The van der Waals surface area contributed by atoms with Crippen molar-refractivity contribution in [3.63, 3.8) is 0 Å². The number of hydrogen-bond acceptors (Lipinski definition) is 5. The van der Waals surface area contributed by atoms with Gasteiger partial charge in [0.15, 0.2) is 0 Å².